The van der Waals surface area contributed by atoms with E-state index in [1.54, 1.807) is 6.92 Å². The Hall–Kier alpha value is -2.06. The first kappa shape index (κ1) is 18.0. The number of nitrogens with one attached hydrogen (secondary N) is 1. The zero-order valence-electron chi connectivity index (χ0n) is 13.0. The Balaban J connectivity index is 2.05. The van der Waals surface area contributed by atoms with E-state index in [4.69, 9.17) is 14.2 Å². The Labute approximate surface area is 129 Å². The van der Waals surface area contributed by atoms with Crippen molar-refractivity contribution in [1.82, 2.24) is 15.0 Å². The van der Waals surface area contributed by atoms with Crippen LogP contribution in [-0.4, -0.2) is 53.9 Å². The minimum absolute atomic E-state index is 0.0162. The fourth-order valence-corrected chi connectivity index (χ4v) is 1.35. The number of allylic oxidation sites excluding steroid dienone is 1. The summed E-state index contributed by atoms with van der Waals surface area (Å²) < 4.78 is 15.8. The van der Waals surface area contributed by atoms with Gasteiger partial charge in [-0.15, -0.1) is 0 Å². The lowest BCUT2D eigenvalue weighted by atomic mass is 10.2. The number of carbonyl (C=O) groups is 1. The molecule has 0 aliphatic carbocycles. The average Bonchev–Trinajstić information content (AvgIpc) is 2.50. The van der Waals surface area contributed by atoms with Crippen LogP contribution in [0.25, 0.3) is 0 Å². The summed E-state index contributed by atoms with van der Waals surface area (Å²) in [7, 11) is 0. The average molecular weight is 310 g/mol. The van der Waals surface area contributed by atoms with Gasteiger partial charge in [0.2, 0.25) is 5.95 Å². The second-order valence-corrected chi connectivity index (χ2v) is 4.32. The summed E-state index contributed by atoms with van der Waals surface area (Å²) in [4.78, 5) is 23.1. The second kappa shape index (κ2) is 10.6. The number of ether oxygens (including phenoxy) is 3. The van der Waals surface area contributed by atoms with Crippen LogP contribution in [0, 0.1) is 0 Å². The zero-order chi connectivity index (χ0) is 16.2. The van der Waals surface area contributed by atoms with Crippen LogP contribution in [0.5, 0.6) is 6.01 Å². The molecule has 0 amide bonds. The molecule has 8 heteroatoms. The van der Waals surface area contributed by atoms with Gasteiger partial charge in [0.15, 0.2) is 5.78 Å². The van der Waals surface area contributed by atoms with Gasteiger partial charge in [0.25, 0.3) is 0 Å². The van der Waals surface area contributed by atoms with Gasteiger partial charge in [-0.1, -0.05) is 6.58 Å². The molecule has 0 spiro atoms. The molecular weight excluding hydrogens is 288 g/mol. The highest BCUT2D eigenvalue weighted by molar-refractivity contribution is 5.94. The van der Waals surface area contributed by atoms with Crippen molar-refractivity contribution in [2.45, 2.75) is 20.3 Å². The Morgan fingerprint density at radius 1 is 1.27 bits per heavy atom. The van der Waals surface area contributed by atoms with E-state index in [2.05, 4.69) is 26.8 Å². The van der Waals surface area contributed by atoms with Crippen molar-refractivity contribution in [3.8, 4) is 6.01 Å². The number of ketones is 1. The monoisotopic (exact) mass is 310 g/mol. The molecule has 1 aromatic rings. The van der Waals surface area contributed by atoms with Crippen LogP contribution in [0.3, 0.4) is 0 Å². The van der Waals surface area contributed by atoms with Gasteiger partial charge in [-0.05, 0) is 19.4 Å². The molecule has 0 saturated carbocycles. The van der Waals surface area contributed by atoms with Gasteiger partial charge >= 0.3 is 6.01 Å². The fourth-order valence-electron chi connectivity index (χ4n) is 1.35. The van der Waals surface area contributed by atoms with Crippen LogP contribution in [0.4, 0.5) is 5.95 Å². The van der Waals surface area contributed by atoms with Crippen LogP contribution in [0.15, 0.2) is 18.5 Å². The summed E-state index contributed by atoms with van der Waals surface area (Å²) in [6.07, 6.45) is 1.71. The van der Waals surface area contributed by atoms with Crippen LogP contribution in [0.2, 0.25) is 0 Å². The van der Waals surface area contributed by atoms with Gasteiger partial charge in [-0.25, -0.2) is 4.98 Å². The SMILES string of the molecule is C=C(C)C(=O)CCOCCOCNc1ncnc(OCC)n1. The van der Waals surface area contributed by atoms with E-state index in [-0.39, 0.29) is 18.5 Å². The summed E-state index contributed by atoms with van der Waals surface area (Å²) in [5, 5.41) is 2.88. The van der Waals surface area contributed by atoms with E-state index < -0.39 is 0 Å². The lowest BCUT2D eigenvalue weighted by Gasteiger charge is -2.07. The van der Waals surface area contributed by atoms with E-state index in [1.165, 1.54) is 6.33 Å². The predicted octanol–water partition coefficient (Wildman–Crippen LogP) is 1.21. The number of carbonyl (C=O) groups excluding carboxylic acids is 1. The molecular formula is C14H22N4O4. The minimum atomic E-state index is 0.0162. The summed E-state index contributed by atoms with van der Waals surface area (Å²) in [5.41, 5.74) is 0.549. The number of hydrogen-bond donors (Lipinski definition) is 1. The van der Waals surface area contributed by atoms with Crippen LogP contribution in [-0.2, 0) is 14.3 Å². The number of aromatic nitrogens is 3. The molecule has 22 heavy (non-hydrogen) atoms. The Morgan fingerprint density at radius 2 is 2.05 bits per heavy atom. The smallest absolute Gasteiger partial charge is 0.321 e. The highest BCUT2D eigenvalue weighted by atomic mass is 16.5. The van der Waals surface area contributed by atoms with Crippen LogP contribution in [0.1, 0.15) is 20.3 Å². The van der Waals surface area contributed by atoms with Crippen molar-refractivity contribution in [3.63, 3.8) is 0 Å². The van der Waals surface area contributed by atoms with Crippen molar-refractivity contribution < 1.29 is 19.0 Å². The molecule has 0 atom stereocenters. The zero-order valence-corrected chi connectivity index (χ0v) is 13.0. The van der Waals surface area contributed by atoms with Crippen molar-refractivity contribution in [1.29, 1.82) is 0 Å². The van der Waals surface area contributed by atoms with Gasteiger partial charge in [0.05, 0.1) is 26.4 Å². The molecule has 8 nitrogen and oxygen atoms in total. The number of nitrogens with zero attached hydrogens (tertiary/aromatic N) is 3. The fraction of sp³-hybridized carbons (Fsp3) is 0.571. The lowest BCUT2D eigenvalue weighted by Crippen LogP contribution is -2.14. The molecule has 0 saturated heterocycles. The Bertz CT molecular complexity index is 482. The van der Waals surface area contributed by atoms with Crippen molar-refractivity contribution >= 4 is 11.7 Å². The Morgan fingerprint density at radius 3 is 2.77 bits per heavy atom. The predicted molar refractivity (Wildman–Crippen MR) is 80.7 cm³/mol. The number of Topliss-reactive ketones (excluding diaryl/α,β-unsaturated/α-hetero) is 1. The molecule has 1 aromatic heterocycles. The third kappa shape index (κ3) is 7.65. The first-order valence-corrected chi connectivity index (χ1v) is 7.03. The maximum Gasteiger partial charge on any atom is 0.321 e. The van der Waals surface area contributed by atoms with Gasteiger partial charge < -0.3 is 19.5 Å². The number of anilines is 1. The minimum Gasteiger partial charge on any atom is -0.464 e. The number of rotatable bonds is 12. The molecule has 0 bridgehead atoms. The third-order valence-electron chi connectivity index (χ3n) is 2.48. The second-order valence-electron chi connectivity index (χ2n) is 4.32. The number of hydrogen-bond acceptors (Lipinski definition) is 8. The van der Waals surface area contributed by atoms with Crippen LogP contribution >= 0.6 is 0 Å². The van der Waals surface area contributed by atoms with Crippen molar-refractivity contribution in [2.24, 2.45) is 0 Å². The highest BCUT2D eigenvalue weighted by Crippen LogP contribution is 2.03. The molecule has 0 aromatic carbocycles. The van der Waals surface area contributed by atoms with Crippen molar-refractivity contribution in [3.05, 3.63) is 18.5 Å². The van der Waals surface area contributed by atoms with Gasteiger partial charge in [0, 0.05) is 6.42 Å². The molecule has 0 aliphatic heterocycles. The third-order valence-corrected chi connectivity index (χ3v) is 2.48. The van der Waals surface area contributed by atoms with Crippen LogP contribution < -0.4 is 10.1 Å². The normalized spacial score (nSPS) is 10.3. The van der Waals surface area contributed by atoms with E-state index in [1.807, 2.05) is 6.92 Å². The maximum absolute atomic E-state index is 11.3. The summed E-state index contributed by atoms with van der Waals surface area (Å²) in [5.74, 6) is 0.397. The van der Waals surface area contributed by atoms with Crippen molar-refractivity contribution in [2.75, 3.05) is 38.5 Å². The lowest BCUT2D eigenvalue weighted by molar-refractivity contribution is -0.116. The maximum atomic E-state index is 11.3. The molecule has 0 aliphatic rings. The summed E-state index contributed by atoms with van der Waals surface area (Å²) >= 11 is 0. The highest BCUT2D eigenvalue weighted by Gasteiger charge is 2.02. The van der Waals surface area contributed by atoms with Gasteiger partial charge in [-0.2, -0.15) is 9.97 Å². The largest absolute Gasteiger partial charge is 0.464 e. The van der Waals surface area contributed by atoms with E-state index in [0.29, 0.717) is 44.4 Å². The van der Waals surface area contributed by atoms with Gasteiger partial charge in [0.1, 0.15) is 13.1 Å². The molecule has 1 rings (SSSR count). The first-order valence-electron chi connectivity index (χ1n) is 7.03. The molecule has 0 unspecified atom stereocenters. The first-order chi connectivity index (χ1) is 10.6. The Kier molecular flexibility index (Phi) is 8.70. The van der Waals surface area contributed by atoms with E-state index >= 15 is 0 Å². The molecule has 1 N–H and O–H groups in total. The summed E-state index contributed by atoms with van der Waals surface area (Å²) in [6.45, 7) is 9.03. The topological polar surface area (TPSA) is 95.5 Å². The molecule has 0 radical (unpaired) electrons. The van der Waals surface area contributed by atoms with E-state index in [9.17, 15) is 4.79 Å². The molecule has 1 heterocycles. The standard InChI is InChI=1S/C14H22N4O4/c1-4-22-14-16-9-15-13(18-14)17-10-21-8-7-20-6-5-12(19)11(2)3/h9H,2,4-8,10H2,1,3H3,(H,15,16,17,18). The summed E-state index contributed by atoms with van der Waals surface area (Å²) in [6, 6.07) is 0.269. The molecule has 0 fully saturated rings. The quantitative estimate of drug-likeness (QED) is 0.350. The molecule has 122 valence electrons. The van der Waals surface area contributed by atoms with Gasteiger partial charge in [-0.3, -0.25) is 4.79 Å². The van der Waals surface area contributed by atoms with E-state index in [0.717, 1.165) is 0 Å².